The van der Waals surface area contributed by atoms with Crippen LogP contribution >= 0.6 is 0 Å². The van der Waals surface area contributed by atoms with Crippen LogP contribution in [0.2, 0.25) is 0 Å². The van der Waals surface area contributed by atoms with Crippen LogP contribution in [0, 0.1) is 11.3 Å². The Morgan fingerprint density at radius 1 is 1.30 bits per heavy atom. The Bertz CT molecular complexity index is 828. The average Bonchev–Trinajstić information content (AvgIpc) is 2.59. The highest BCUT2D eigenvalue weighted by molar-refractivity contribution is 7.89. The topological polar surface area (TPSA) is 83.3 Å². The van der Waals surface area contributed by atoms with Crippen molar-refractivity contribution in [1.29, 1.82) is 5.26 Å². The summed E-state index contributed by atoms with van der Waals surface area (Å²) in [5.74, 6) is 0.630. The van der Waals surface area contributed by atoms with E-state index in [1.807, 2.05) is 24.3 Å². The van der Waals surface area contributed by atoms with Gasteiger partial charge in [0, 0.05) is 31.0 Å². The second-order valence-electron chi connectivity index (χ2n) is 4.76. The van der Waals surface area contributed by atoms with E-state index in [9.17, 15) is 8.42 Å². The Morgan fingerprint density at radius 2 is 2.04 bits per heavy atom. The molecule has 7 heteroatoms. The molecule has 0 unspecified atom stereocenters. The van der Waals surface area contributed by atoms with Crippen LogP contribution in [0.15, 0.2) is 47.6 Å². The van der Waals surface area contributed by atoms with Crippen LogP contribution < -0.4 is 4.74 Å². The predicted octanol–water partition coefficient (Wildman–Crippen LogP) is 2.17. The predicted molar refractivity (Wildman–Crippen MR) is 85.2 cm³/mol. The molecule has 23 heavy (non-hydrogen) atoms. The van der Waals surface area contributed by atoms with Crippen LogP contribution in [-0.4, -0.2) is 31.4 Å². The number of benzene rings is 1. The van der Waals surface area contributed by atoms with Gasteiger partial charge >= 0.3 is 0 Å². The van der Waals surface area contributed by atoms with E-state index in [0.717, 1.165) is 5.56 Å². The molecular weight excluding hydrogens is 314 g/mol. The third-order valence-corrected chi connectivity index (χ3v) is 5.26. The van der Waals surface area contributed by atoms with Gasteiger partial charge in [0.1, 0.15) is 16.7 Å². The van der Waals surface area contributed by atoms with Gasteiger partial charge in [-0.1, -0.05) is 25.1 Å². The second kappa shape index (κ2) is 7.22. The number of pyridine rings is 1. The number of ether oxygens (including phenoxy) is 1. The lowest BCUT2D eigenvalue weighted by Crippen LogP contribution is -2.30. The van der Waals surface area contributed by atoms with Gasteiger partial charge < -0.3 is 4.74 Å². The molecule has 0 radical (unpaired) electrons. The minimum absolute atomic E-state index is 0.00768. The highest BCUT2D eigenvalue weighted by Crippen LogP contribution is 2.23. The molecule has 0 N–H and O–H groups in total. The summed E-state index contributed by atoms with van der Waals surface area (Å²) in [6.07, 6.45) is 2.58. The summed E-state index contributed by atoms with van der Waals surface area (Å²) in [4.78, 5) is 3.83. The Labute approximate surface area is 136 Å². The van der Waals surface area contributed by atoms with Gasteiger partial charge in [-0.05, 0) is 12.1 Å². The number of rotatable bonds is 6. The number of nitriles is 1. The molecule has 1 aromatic heterocycles. The first kappa shape index (κ1) is 16.9. The van der Waals surface area contributed by atoms with Crippen molar-refractivity contribution >= 4 is 10.0 Å². The molecule has 0 fully saturated rings. The smallest absolute Gasteiger partial charge is 0.244 e. The van der Waals surface area contributed by atoms with E-state index in [1.54, 1.807) is 20.1 Å². The van der Waals surface area contributed by atoms with Crippen molar-refractivity contribution in [2.75, 3.05) is 13.7 Å². The van der Waals surface area contributed by atoms with Gasteiger partial charge in [0.15, 0.2) is 0 Å². The van der Waals surface area contributed by atoms with Crippen molar-refractivity contribution in [3.05, 3.63) is 53.9 Å². The van der Waals surface area contributed by atoms with Crippen molar-refractivity contribution in [3.63, 3.8) is 0 Å². The van der Waals surface area contributed by atoms with Crippen molar-refractivity contribution < 1.29 is 13.2 Å². The van der Waals surface area contributed by atoms with E-state index < -0.39 is 10.0 Å². The van der Waals surface area contributed by atoms with Crippen LogP contribution in [0.25, 0.3) is 0 Å². The van der Waals surface area contributed by atoms with Gasteiger partial charge in [-0.3, -0.25) is 4.98 Å². The maximum Gasteiger partial charge on any atom is 0.244 e. The molecule has 0 aliphatic heterocycles. The van der Waals surface area contributed by atoms with E-state index in [4.69, 9.17) is 10.00 Å². The number of nitrogens with zero attached hydrogens (tertiary/aromatic N) is 3. The zero-order valence-electron chi connectivity index (χ0n) is 12.9. The molecule has 0 spiro atoms. The monoisotopic (exact) mass is 331 g/mol. The quantitative estimate of drug-likeness (QED) is 0.810. The highest BCUT2D eigenvalue weighted by Gasteiger charge is 2.24. The first-order valence-corrected chi connectivity index (χ1v) is 8.44. The standard InChI is InChI=1S/C16H17N3O3S/c1-3-19(12-14-6-4-5-7-16(14)22-2)23(20,21)15-8-13(9-17)10-18-11-15/h4-8,10-11H,3,12H2,1-2H3. The van der Waals surface area contributed by atoms with E-state index in [2.05, 4.69) is 4.98 Å². The Kier molecular flexibility index (Phi) is 5.32. The number of sulfonamides is 1. The Balaban J connectivity index is 2.37. The number of hydrogen-bond donors (Lipinski definition) is 0. The summed E-state index contributed by atoms with van der Waals surface area (Å²) < 4.78 is 32.1. The first-order valence-electron chi connectivity index (χ1n) is 7.00. The highest BCUT2D eigenvalue weighted by atomic mass is 32.2. The van der Waals surface area contributed by atoms with E-state index in [0.29, 0.717) is 5.75 Å². The summed E-state index contributed by atoms with van der Waals surface area (Å²) >= 11 is 0. The van der Waals surface area contributed by atoms with Crippen LogP contribution in [0.5, 0.6) is 5.75 Å². The molecule has 2 rings (SSSR count). The molecule has 0 bridgehead atoms. The van der Waals surface area contributed by atoms with Crippen LogP contribution in [-0.2, 0) is 16.6 Å². The largest absolute Gasteiger partial charge is 0.496 e. The third kappa shape index (κ3) is 3.67. The Hall–Kier alpha value is -2.43. The summed E-state index contributed by atoms with van der Waals surface area (Å²) in [5.41, 5.74) is 0.976. The summed E-state index contributed by atoms with van der Waals surface area (Å²) in [6.45, 7) is 2.23. The van der Waals surface area contributed by atoms with Gasteiger partial charge in [-0.25, -0.2) is 8.42 Å². The maximum absolute atomic E-state index is 12.8. The number of para-hydroxylation sites is 1. The van der Waals surface area contributed by atoms with Gasteiger partial charge in [-0.15, -0.1) is 0 Å². The van der Waals surface area contributed by atoms with Gasteiger partial charge in [-0.2, -0.15) is 9.57 Å². The molecular formula is C16H17N3O3S. The summed E-state index contributed by atoms with van der Waals surface area (Å²) in [6, 6.07) is 10.5. The van der Waals surface area contributed by atoms with Gasteiger partial charge in [0.25, 0.3) is 0 Å². The van der Waals surface area contributed by atoms with Gasteiger partial charge in [0.05, 0.1) is 12.7 Å². The maximum atomic E-state index is 12.8. The van der Waals surface area contributed by atoms with Crippen LogP contribution in [0.1, 0.15) is 18.1 Å². The lowest BCUT2D eigenvalue weighted by atomic mass is 10.2. The third-order valence-electron chi connectivity index (χ3n) is 3.37. The molecule has 0 saturated heterocycles. The lowest BCUT2D eigenvalue weighted by molar-refractivity contribution is 0.386. The normalized spacial score (nSPS) is 11.2. The van der Waals surface area contributed by atoms with E-state index >= 15 is 0 Å². The van der Waals surface area contributed by atoms with E-state index in [-0.39, 0.29) is 23.5 Å². The zero-order chi connectivity index (χ0) is 16.9. The first-order chi connectivity index (χ1) is 11.0. The zero-order valence-corrected chi connectivity index (χ0v) is 13.7. The van der Waals surface area contributed by atoms with Crippen LogP contribution in [0.4, 0.5) is 0 Å². The van der Waals surface area contributed by atoms with E-state index in [1.165, 1.54) is 22.8 Å². The van der Waals surface area contributed by atoms with Crippen molar-refractivity contribution in [1.82, 2.24) is 9.29 Å². The molecule has 6 nitrogen and oxygen atoms in total. The molecule has 1 aromatic carbocycles. The molecule has 120 valence electrons. The minimum Gasteiger partial charge on any atom is -0.496 e. The molecule has 2 aromatic rings. The fourth-order valence-corrected chi connectivity index (χ4v) is 3.58. The minimum atomic E-state index is -3.74. The molecule has 1 heterocycles. The molecule has 0 aliphatic carbocycles. The molecule has 0 saturated carbocycles. The number of methoxy groups -OCH3 is 1. The molecule has 0 amide bonds. The second-order valence-corrected chi connectivity index (χ2v) is 6.70. The van der Waals surface area contributed by atoms with Crippen molar-refractivity contribution in [3.8, 4) is 11.8 Å². The molecule has 0 atom stereocenters. The van der Waals surface area contributed by atoms with Crippen molar-refractivity contribution in [2.24, 2.45) is 0 Å². The number of hydrogen-bond acceptors (Lipinski definition) is 5. The lowest BCUT2D eigenvalue weighted by Gasteiger charge is -2.21. The summed E-state index contributed by atoms with van der Waals surface area (Å²) in [5, 5.41) is 8.91. The summed E-state index contributed by atoms with van der Waals surface area (Å²) in [7, 11) is -2.20. The SMILES string of the molecule is CCN(Cc1ccccc1OC)S(=O)(=O)c1cncc(C#N)c1. The van der Waals surface area contributed by atoms with Crippen LogP contribution in [0.3, 0.4) is 0 Å². The number of aromatic nitrogens is 1. The fourth-order valence-electron chi connectivity index (χ4n) is 2.16. The fraction of sp³-hybridized carbons (Fsp3) is 0.250. The van der Waals surface area contributed by atoms with Crippen molar-refractivity contribution in [2.45, 2.75) is 18.4 Å². The molecule has 0 aliphatic rings. The van der Waals surface area contributed by atoms with Gasteiger partial charge in [0.2, 0.25) is 10.0 Å². The average molecular weight is 331 g/mol. The Morgan fingerprint density at radius 3 is 2.70 bits per heavy atom.